The molecule has 1 saturated carbocycles. The molecule has 0 aliphatic heterocycles. The van der Waals surface area contributed by atoms with Crippen molar-refractivity contribution in [2.45, 2.75) is 71.1 Å². The highest BCUT2D eigenvalue weighted by Gasteiger charge is 2.33. The number of aliphatic hydroxyl groups excluding tert-OH is 1. The van der Waals surface area contributed by atoms with E-state index in [1.807, 2.05) is 0 Å². The zero-order valence-corrected chi connectivity index (χ0v) is 13.7. The Hall–Kier alpha value is -0.820. The molecule has 0 atom stereocenters. The van der Waals surface area contributed by atoms with Crippen LogP contribution in [0.3, 0.4) is 0 Å². The molecular formula is C20H32O. The van der Waals surface area contributed by atoms with Crippen molar-refractivity contribution in [1.29, 1.82) is 0 Å². The van der Waals surface area contributed by atoms with E-state index in [0.717, 1.165) is 12.3 Å². The number of unbranched alkanes of at least 4 members (excludes halogenated alkanes) is 1. The summed E-state index contributed by atoms with van der Waals surface area (Å²) in [5, 5.41) is 9.90. The van der Waals surface area contributed by atoms with Crippen molar-refractivity contribution in [3.63, 3.8) is 0 Å². The lowest BCUT2D eigenvalue weighted by Gasteiger charge is -2.39. The van der Waals surface area contributed by atoms with Gasteiger partial charge in [0.1, 0.15) is 0 Å². The van der Waals surface area contributed by atoms with Crippen LogP contribution in [0.4, 0.5) is 0 Å². The van der Waals surface area contributed by atoms with E-state index in [9.17, 15) is 5.11 Å². The predicted molar refractivity (Wildman–Crippen MR) is 90.4 cm³/mol. The fourth-order valence-electron chi connectivity index (χ4n) is 3.87. The Bertz CT molecular complexity index is 376. The minimum Gasteiger partial charge on any atom is -0.396 e. The van der Waals surface area contributed by atoms with E-state index in [4.69, 9.17) is 0 Å². The van der Waals surface area contributed by atoms with Gasteiger partial charge in [-0.1, -0.05) is 56.5 Å². The van der Waals surface area contributed by atoms with Crippen LogP contribution in [0.2, 0.25) is 0 Å². The minimum absolute atomic E-state index is 0.234. The molecule has 1 nitrogen and oxygen atoms in total. The van der Waals surface area contributed by atoms with Gasteiger partial charge in [0.05, 0.1) is 0 Å². The first-order valence-electron chi connectivity index (χ1n) is 8.93. The maximum atomic E-state index is 9.90. The van der Waals surface area contributed by atoms with E-state index in [0.29, 0.717) is 6.61 Å². The van der Waals surface area contributed by atoms with Crippen LogP contribution in [-0.2, 0) is 6.42 Å². The Morgan fingerprint density at radius 1 is 1.10 bits per heavy atom. The molecule has 1 aromatic rings. The summed E-state index contributed by atoms with van der Waals surface area (Å²) in [5.41, 5.74) is 1.67. The Balaban J connectivity index is 1.75. The largest absolute Gasteiger partial charge is 0.396 e. The highest BCUT2D eigenvalue weighted by Crippen LogP contribution is 2.43. The number of hydrogen-bond donors (Lipinski definition) is 1. The van der Waals surface area contributed by atoms with Crippen molar-refractivity contribution in [2.24, 2.45) is 11.3 Å². The van der Waals surface area contributed by atoms with Gasteiger partial charge in [0.25, 0.3) is 0 Å². The van der Waals surface area contributed by atoms with Gasteiger partial charge in [-0.25, -0.2) is 0 Å². The van der Waals surface area contributed by atoms with Gasteiger partial charge in [-0.15, -0.1) is 0 Å². The first kappa shape index (κ1) is 16.5. The lowest BCUT2D eigenvalue weighted by Crippen LogP contribution is -2.31. The average molecular weight is 288 g/mol. The highest BCUT2D eigenvalue weighted by molar-refractivity contribution is 5.14. The number of benzene rings is 1. The Labute approximate surface area is 130 Å². The number of aryl methyl sites for hydroxylation is 1. The van der Waals surface area contributed by atoms with Crippen molar-refractivity contribution in [3.8, 4) is 0 Å². The van der Waals surface area contributed by atoms with Crippen LogP contribution < -0.4 is 0 Å². The third kappa shape index (κ3) is 5.14. The molecule has 2 rings (SSSR count). The quantitative estimate of drug-likeness (QED) is 0.682. The van der Waals surface area contributed by atoms with E-state index >= 15 is 0 Å². The second kappa shape index (κ2) is 8.58. The van der Waals surface area contributed by atoms with Gasteiger partial charge in [-0.2, -0.15) is 0 Å². The predicted octanol–water partition coefficient (Wildman–Crippen LogP) is 5.37. The van der Waals surface area contributed by atoms with E-state index < -0.39 is 0 Å². The standard InChI is InChI=1S/C20H32O/c1-2-3-8-19-12-15-20(17-21,16-13-19)14-7-11-18-9-5-4-6-10-18/h4-6,9-10,19,21H,2-3,7-8,11-17H2,1H3. The van der Waals surface area contributed by atoms with Crippen LogP contribution in [0.25, 0.3) is 0 Å². The first-order chi connectivity index (χ1) is 10.3. The average Bonchev–Trinajstić information content (AvgIpc) is 2.55. The molecule has 0 unspecified atom stereocenters. The second-order valence-electron chi connectivity index (χ2n) is 7.08. The monoisotopic (exact) mass is 288 g/mol. The minimum atomic E-state index is 0.234. The Morgan fingerprint density at radius 3 is 2.43 bits per heavy atom. The molecule has 21 heavy (non-hydrogen) atoms. The van der Waals surface area contributed by atoms with Crippen molar-refractivity contribution in [3.05, 3.63) is 35.9 Å². The van der Waals surface area contributed by atoms with Crippen LogP contribution >= 0.6 is 0 Å². The number of hydrogen-bond acceptors (Lipinski definition) is 1. The van der Waals surface area contributed by atoms with Crippen molar-refractivity contribution < 1.29 is 5.11 Å². The smallest absolute Gasteiger partial charge is 0.0487 e. The molecular weight excluding hydrogens is 256 g/mol. The van der Waals surface area contributed by atoms with Crippen LogP contribution in [0.5, 0.6) is 0 Å². The number of rotatable bonds is 8. The van der Waals surface area contributed by atoms with E-state index in [2.05, 4.69) is 37.3 Å². The van der Waals surface area contributed by atoms with Gasteiger partial charge >= 0.3 is 0 Å². The van der Waals surface area contributed by atoms with Crippen molar-refractivity contribution in [1.82, 2.24) is 0 Å². The first-order valence-corrected chi connectivity index (χ1v) is 8.93. The maximum absolute atomic E-state index is 9.90. The summed E-state index contributed by atoms with van der Waals surface area (Å²) < 4.78 is 0. The number of aliphatic hydroxyl groups is 1. The molecule has 0 aromatic heterocycles. The molecule has 1 N–H and O–H groups in total. The molecule has 118 valence electrons. The lowest BCUT2D eigenvalue weighted by molar-refractivity contribution is 0.0522. The van der Waals surface area contributed by atoms with Gasteiger partial charge < -0.3 is 5.11 Å². The van der Waals surface area contributed by atoms with E-state index in [1.54, 1.807) is 0 Å². The SMILES string of the molecule is CCCCC1CCC(CO)(CCCc2ccccc2)CC1. The molecule has 0 saturated heterocycles. The van der Waals surface area contributed by atoms with Crippen LogP contribution in [0.15, 0.2) is 30.3 Å². The summed E-state index contributed by atoms with van der Waals surface area (Å²) in [7, 11) is 0. The van der Waals surface area contributed by atoms with Crippen LogP contribution in [0.1, 0.15) is 70.3 Å². The molecule has 1 aliphatic carbocycles. The third-order valence-electron chi connectivity index (χ3n) is 5.48. The lowest BCUT2D eigenvalue weighted by atomic mass is 9.67. The molecule has 0 heterocycles. The molecule has 0 amide bonds. The molecule has 1 heteroatoms. The third-order valence-corrected chi connectivity index (χ3v) is 5.48. The van der Waals surface area contributed by atoms with E-state index in [-0.39, 0.29) is 5.41 Å². The zero-order chi connectivity index (χ0) is 15.0. The summed E-state index contributed by atoms with van der Waals surface area (Å²) in [6, 6.07) is 10.8. The second-order valence-corrected chi connectivity index (χ2v) is 7.08. The van der Waals surface area contributed by atoms with Gasteiger partial charge in [-0.05, 0) is 61.8 Å². The summed E-state index contributed by atoms with van der Waals surface area (Å²) in [4.78, 5) is 0. The summed E-state index contributed by atoms with van der Waals surface area (Å²) >= 11 is 0. The van der Waals surface area contributed by atoms with Crippen molar-refractivity contribution >= 4 is 0 Å². The summed E-state index contributed by atoms with van der Waals surface area (Å²) in [6.07, 6.45) is 12.8. The summed E-state index contributed by atoms with van der Waals surface area (Å²) in [6.45, 7) is 2.67. The molecule has 0 bridgehead atoms. The zero-order valence-electron chi connectivity index (χ0n) is 13.7. The highest BCUT2D eigenvalue weighted by atomic mass is 16.3. The molecule has 0 radical (unpaired) electrons. The van der Waals surface area contributed by atoms with Gasteiger partial charge in [0, 0.05) is 6.61 Å². The van der Waals surface area contributed by atoms with Gasteiger partial charge in [-0.3, -0.25) is 0 Å². The Morgan fingerprint density at radius 2 is 1.81 bits per heavy atom. The van der Waals surface area contributed by atoms with Gasteiger partial charge in [0.2, 0.25) is 0 Å². The topological polar surface area (TPSA) is 20.2 Å². The normalized spacial score (nSPS) is 25.9. The molecule has 0 spiro atoms. The Kier molecular flexibility index (Phi) is 6.76. The van der Waals surface area contributed by atoms with Crippen LogP contribution in [-0.4, -0.2) is 11.7 Å². The summed E-state index contributed by atoms with van der Waals surface area (Å²) in [5.74, 6) is 0.929. The fourth-order valence-corrected chi connectivity index (χ4v) is 3.87. The molecule has 1 fully saturated rings. The molecule has 1 aromatic carbocycles. The maximum Gasteiger partial charge on any atom is 0.0487 e. The fraction of sp³-hybridized carbons (Fsp3) is 0.700. The van der Waals surface area contributed by atoms with Crippen LogP contribution in [0, 0.1) is 11.3 Å². The van der Waals surface area contributed by atoms with Crippen molar-refractivity contribution in [2.75, 3.05) is 6.61 Å². The molecule has 1 aliphatic rings. The van der Waals surface area contributed by atoms with Gasteiger partial charge in [0.15, 0.2) is 0 Å². The van der Waals surface area contributed by atoms with E-state index in [1.165, 1.54) is 63.4 Å².